The van der Waals surface area contributed by atoms with Crippen molar-refractivity contribution < 1.29 is 4.79 Å². The van der Waals surface area contributed by atoms with Gasteiger partial charge in [0.15, 0.2) is 0 Å². The van der Waals surface area contributed by atoms with Gasteiger partial charge in [0, 0.05) is 30.9 Å². The molecule has 3 aromatic rings. The van der Waals surface area contributed by atoms with Crippen LogP contribution in [-0.4, -0.2) is 33.7 Å². The molecule has 1 saturated heterocycles. The van der Waals surface area contributed by atoms with E-state index in [0.29, 0.717) is 6.54 Å². The molecule has 1 aliphatic rings. The first-order chi connectivity index (χ1) is 14.8. The summed E-state index contributed by atoms with van der Waals surface area (Å²) in [6.07, 6.45) is 11.0. The fourth-order valence-corrected chi connectivity index (χ4v) is 3.70. The zero-order valence-corrected chi connectivity index (χ0v) is 17.2. The summed E-state index contributed by atoms with van der Waals surface area (Å²) >= 11 is 0. The lowest BCUT2D eigenvalue weighted by Crippen LogP contribution is -2.29. The second-order valence-corrected chi connectivity index (χ2v) is 7.76. The third-order valence-electron chi connectivity index (χ3n) is 5.40. The maximum atomic E-state index is 12.2. The number of para-hydroxylation sites is 1. The van der Waals surface area contributed by atoms with Crippen LogP contribution in [-0.2, 0) is 17.9 Å². The van der Waals surface area contributed by atoms with Gasteiger partial charge in [-0.3, -0.25) is 9.69 Å². The molecule has 0 aliphatic carbocycles. The van der Waals surface area contributed by atoms with E-state index in [2.05, 4.69) is 39.6 Å². The first-order valence-electron chi connectivity index (χ1n) is 10.6. The molecule has 0 radical (unpaired) electrons. The van der Waals surface area contributed by atoms with Crippen LogP contribution in [0.1, 0.15) is 36.0 Å². The SMILES string of the molecule is O=C(/C=C/c1cnn(-c2ccccc2)c1)NCc1ccc(CN2CCCCC2)cc1. The van der Waals surface area contributed by atoms with E-state index in [1.54, 1.807) is 23.0 Å². The lowest BCUT2D eigenvalue weighted by Gasteiger charge is -2.26. The van der Waals surface area contributed by atoms with Gasteiger partial charge < -0.3 is 5.32 Å². The number of hydrogen-bond acceptors (Lipinski definition) is 3. The normalized spacial score (nSPS) is 14.8. The number of amides is 1. The minimum atomic E-state index is -0.111. The molecule has 0 unspecified atom stereocenters. The molecule has 1 aliphatic heterocycles. The maximum Gasteiger partial charge on any atom is 0.244 e. The van der Waals surface area contributed by atoms with Gasteiger partial charge >= 0.3 is 0 Å². The number of piperidine rings is 1. The number of aromatic nitrogens is 2. The summed E-state index contributed by atoms with van der Waals surface area (Å²) < 4.78 is 1.79. The third-order valence-corrected chi connectivity index (χ3v) is 5.40. The van der Waals surface area contributed by atoms with Gasteiger partial charge in [-0.15, -0.1) is 0 Å². The number of carbonyl (C=O) groups excluding carboxylic acids is 1. The molecule has 1 aromatic heterocycles. The third kappa shape index (κ3) is 5.67. The molecule has 0 atom stereocenters. The maximum absolute atomic E-state index is 12.2. The van der Waals surface area contributed by atoms with Crippen LogP contribution in [0.4, 0.5) is 0 Å². The Bertz CT molecular complexity index is 970. The highest BCUT2D eigenvalue weighted by Crippen LogP contribution is 2.14. The van der Waals surface area contributed by atoms with Gasteiger partial charge in [0.1, 0.15) is 0 Å². The smallest absolute Gasteiger partial charge is 0.244 e. The minimum absolute atomic E-state index is 0.111. The number of nitrogens with one attached hydrogen (secondary N) is 1. The summed E-state index contributed by atoms with van der Waals surface area (Å²) in [7, 11) is 0. The Balaban J connectivity index is 1.25. The molecule has 0 spiro atoms. The number of benzene rings is 2. The van der Waals surface area contributed by atoms with Gasteiger partial charge in [0.25, 0.3) is 0 Å². The van der Waals surface area contributed by atoms with Gasteiger partial charge in [-0.1, -0.05) is 48.9 Å². The Morgan fingerprint density at radius 3 is 2.47 bits per heavy atom. The van der Waals surface area contributed by atoms with Crippen LogP contribution < -0.4 is 5.32 Å². The highest BCUT2D eigenvalue weighted by atomic mass is 16.1. The molecule has 1 amide bonds. The molecular weight excluding hydrogens is 372 g/mol. The first-order valence-corrected chi connectivity index (χ1v) is 10.6. The van der Waals surface area contributed by atoms with Crippen LogP contribution in [0.15, 0.2) is 73.1 Å². The van der Waals surface area contributed by atoms with Crippen LogP contribution in [0.5, 0.6) is 0 Å². The van der Waals surface area contributed by atoms with Crippen molar-refractivity contribution in [2.75, 3.05) is 13.1 Å². The van der Waals surface area contributed by atoms with Crippen molar-refractivity contribution in [3.8, 4) is 5.69 Å². The molecular formula is C25H28N4O. The summed E-state index contributed by atoms with van der Waals surface area (Å²) in [6, 6.07) is 18.4. The second kappa shape index (κ2) is 10.0. The van der Waals surface area contributed by atoms with Crippen LogP contribution >= 0.6 is 0 Å². The van der Waals surface area contributed by atoms with Gasteiger partial charge in [-0.25, -0.2) is 4.68 Å². The fraction of sp³-hybridized carbons (Fsp3) is 0.280. The topological polar surface area (TPSA) is 50.2 Å². The highest BCUT2D eigenvalue weighted by molar-refractivity contribution is 5.91. The van der Waals surface area contributed by atoms with E-state index in [0.717, 1.165) is 23.4 Å². The molecule has 1 N–H and O–H groups in total. The molecule has 5 nitrogen and oxygen atoms in total. The lowest BCUT2D eigenvalue weighted by molar-refractivity contribution is -0.116. The standard InChI is InChI=1S/C25H28N4O/c30-25(14-13-23-18-27-29(20-23)24-7-3-1-4-8-24)26-17-21-9-11-22(12-10-21)19-28-15-5-2-6-16-28/h1,3-4,7-14,18,20H,2,5-6,15-17,19H2,(H,26,30)/b14-13+. The Hall–Kier alpha value is -3.18. The predicted octanol–water partition coefficient (Wildman–Crippen LogP) is 4.19. The van der Waals surface area contributed by atoms with Crippen LogP contribution in [0, 0.1) is 0 Å². The lowest BCUT2D eigenvalue weighted by atomic mass is 10.1. The highest BCUT2D eigenvalue weighted by Gasteiger charge is 2.10. The average Bonchev–Trinajstić information content (AvgIpc) is 3.28. The van der Waals surface area contributed by atoms with Crippen molar-refractivity contribution in [1.82, 2.24) is 20.0 Å². The average molecular weight is 401 g/mol. The number of hydrogen-bond donors (Lipinski definition) is 1. The van der Waals surface area contributed by atoms with Crippen molar-refractivity contribution in [3.63, 3.8) is 0 Å². The number of rotatable bonds is 7. The van der Waals surface area contributed by atoms with Crippen molar-refractivity contribution in [1.29, 1.82) is 0 Å². The molecule has 30 heavy (non-hydrogen) atoms. The summed E-state index contributed by atoms with van der Waals surface area (Å²) in [6.45, 7) is 3.95. The molecule has 5 heteroatoms. The number of likely N-dealkylation sites (tertiary alicyclic amines) is 1. The summed E-state index contributed by atoms with van der Waals surface area (Å²) in [4.78, 5) is 14.7. The van der Waals surface area contributed by atoms with E-state index >= 15 is 0 Å². The summed E-state index contributed by atoms with van der Waals surface area (Å²) in [5.41, 5.74) is 4.32. The molecule has 154 valence electrons. The second-order valence-electron chi connectivity index (χ2n) is 7.76. The zero-order valence-electron chi connectivity index (χ0n) is 17.2. The van der Waals surface area contributed by atoms with Gasteiger partial charge in [0.05, 0.1) is 11.9 Å². The van der Waals surface area contributed by atoms with E-state index in [1.807, 2.05) is 36.5 Å². The molecule has 4 rings (SSSR count). The van der Waals surface area contributed by atoms with Crippen LogP contribution in [0.25, 0.3) is 11.8 Å². The van der Waals surface area contributed by atoms with Crippen LogP contribution in [0.3, 0.4) is 0 Å². The largest absolute Gasteiger partial charge is 0.348 e. The van der Waals surface area contributed by atoms with Crippen molar-refractivity contribution in [2.24, 2.45) is 0 Å². The van der Waals surface area contributed by atoms with Gasteiger partial charge in [0.2, 0.25) is 5.91 Å². The Morgan fingerprint density at radius 2 is 1.70 bits per heavy atom. The fourth-order valence-electron chi connectivity index (χ4n) is 3.70. The zero-order chi connectivity index (χ0) is 20.6. The van der Waals surface area contributed by atoms with E-state index in [-0.39, 0.29) is 5.91 Å². The Morgan fingerprint density at radius 1 is 0.967 bits per heavy atom. The quantitative estimate of drug-likeness (QED) is 0.605. The van der Waals surface area contributed by atoms with E-state index in [1.165, 1.54) is 37.9 Å². The van der Waals surface area contributed by atoms with E-state index in [4.69, 9.17) is 0 Å². The van der Waals surface area contributed by atoms with Crippen molar-refractivity contribution >= 4 is 12.0 Å². The van der Waals surface area contributed by atoms with Gasteiger partial charge in [-0.05, 0) is 55.3 Å². The van der Waals surface area contributed by atoms with Crippen molar-refractivity contribution in [3.05, 3.63) is 89.8 Å². The number of nitrogens with zero attached hydrogens (tertiary/aromatic N) is 3. The van der Waals surface area contributed by atoms with Crippen LogP contribution in [0.2, 0.25) is 0 Å². The minimum Gasteiger partial charge on any atom is -0.348 e. The number of carbonyl (C=O) groups is 1. The molecule has 0 saturated carbocycles. The van der Waals surface area contributed by atoms with E-state index in [9.17, 15) is 4.79 Å². The Labute approximate surface area is 178 Å². The predicted molar refractivity (Wildman–Crippen MR) is 120 cm³/mol. The summed E-state index contributed by atoms with van der Waals surface area (Å²) in [5.74, 6) is -0.111. The molecule has 2 aromatic carbocycles. The summed E-state index contributed by atoms with van der Waals surface area (Å²) in [5, 5.41) is 7.28. The molecule has 2 heterocycles. The van der Waals surface area contributed by atoms with Crippen molar-refractivity contribution in [2.45, 2.75) is 32.4 Å². The first kappa shape index (κ1) is 20.1. The Kier molecular flexibility index (Phi) is 6.72. The molecule has 0 bridgehead atoms. The van der Waals surface area contributed by atoms with E-state index < -0.39 is 0 Å². The van der Waals surface area contributed by atoms with Gasteiger partial charge in [-0.2, -0.15) is 5.10 Å². The monoisotopic (exact) mass is 400 g/mol. The molecule has 1 fully saturated rings.